The standard InChI is InChI=1S/C12H16ClN3O/c1-2-16(7-8-3-4-8)12(17)11-9(13)5-6-10(14)15-11/h5-6,8H,2-4,7H2,1H3,(H2,14,15). The van der Waals surface area contributed by atoms with E-state index in [1.165, 1.54) is 12.8 Å². The summed E-state index contributed by atoms with van der Waals surface area (Å²) in [6.45, 7) is 3.42. The summed E-state index contributed by atoms with van der Waals surface area (Å²) in [7, 11) is 0. The molecule has 2 rings (SSSR count). The highest BCUT2D eigenvalue weighted by Gasteiger charge is 2.27. The molecule has 0 saturated heterocycles. The number of rotatable bonds is 4. The molecule has 1 aromatic heterocycles. The molecule has 5 heteroatoms. The highest BCUT2D eigenvalue weighted by molar-refractivity contribution is 6.33. The molecule has 1 aliphatic rings. The number of carbonyl (C=O) groups is 1. The van der Waals surface area contributed by atoms with Crippen LogP contribution in [0.25, 0.3) is 0 Å². The van der Waals surface area contributed by atoms with Crippen LogP contribution in [-0.4, -0.2) is 28.9 Å². The minimum absolute atomic E-state index is 0.128. The van der Waals surface area contributed by atoms with Crippen LogP contribution in [0.1, 0.15) is 30.3 Å². The van der Waals surface area contributed by atoms with Crippen molar-refractivity contribution in [1.82, 2.24) is 9.88 Å². The zero-order chi connectivity index (χ0) is 12.4. The molecule has 1 heterocycles. The van der Waals surface area contributed by atoms with E-state index in [0.29, 0.717) is 23.3 Å². The van der Waals surface area contributed by atoms with Gasteiger partial charge in [0.05, 0.1) is 5.02 Å². The number of hydrogen-bond donors (Lipinski definition) is 1. The molecule has 1 aromatic rings. The molecule has 0 unspecified atom stereocenters. The number of hydrogen-bond acceptors (Lipinski definition) is 3. The highest BCUT2D eigenvalue weighted by Crippen LogP contribution is 2.30. The van der Waals surface area contributed by atoms with Gasteiger partial charge >= 0.3 is 0 Å². The predicted octanol–water partition coefficient (Wildman–Crippen LogP) is 2.19. The van der Waals surface area contributed by atoms with Crippen LogP contribution in [0.5, 0.6) is 0 Å². The summed E-state index contributed by atoms with van der Waals surface area (Å²) >= 11 is 5.98. The van der Waals surface area contributed by atoms with Gasteiger partial charge in [-0.15, -0.1) is 0 Å². The first kappa shape index (κ1) is 12.2. The lowest BCUT2D eigenvalue weighted by atomic mass is 10.2. The fraction of sp³-hybridized carbons (Fsp3) is 0.500. The van der Waals surface area contributed by atoms with Gasteiger partial charge in [-0.25, -0.2) is 4.98 Å². The predicted molar refractivity (Wildman–Crippen MR) is 68.0 cm³/mol. The van der Waals surface area contributed by atoms with Crippen molar-refractivity contribution < 1.29 is 4.79 Å². The van der Waals surface area contributed by atoms with Gasteiger partial charge in [0.2, 0.25) is 0 Å². The smallest absolute Gasteiger partial charge is 0.274 e. The quantitative estimate of drug-likeness (QED) is 0.895. The molecule has 1 saturated carbocycles. The van der Waals surface area contributed by atoms with Crippen LogP contribution in [0, 0.1) is 5.92 Å². The van der Waals surface area contributed by atoms with Crippen LogP contribution >= 0.6 is 11.6 Å². The summed E-state index contributed by atoms with van der Waals surface area (Å²) in [4.78, 5) is 18.0. The summed E-state index contributed by atoms with van der Waals surface area (Å²) in [6.07, 6.45) is 2.42. The first-order chi connectivity index (χ1) is 8.11. The van der Waals surface area contributed by atoms with Crippen LogP contribution in [0.4, 0.5) is 5.82 Å². The Labute approximate surface area is 106 Å². The molecule has 1 aliphatic carbocycles. The maximum Gasteiger partial charge on any atom is 0.274 e. The zero-order valence-electron chi connectivity index (χ0n) is 9.82. The number of nitrogens with two attached hydrogens (primary N) is 1. The van der Waals surface area contributed by atoms with E-state index >= 15 is 0 Å². The molecule has 1 amide bonds. The average molecular weight is 254 g/mol. The molecule has 17 heavy (non-hydrogen) atoms. The molecule has 0 aromatic carbocycles. The van der Waals surface area contributed by atoms with Gasteiger partial charge in [0.15, 0.2) is 0 Å². The van der Waals surface area contributed by atoms with Crippen molar-refractivity contribution in [3.8, 4) is 0 Å². The average Bonchev–Trinajstić information content (AvgIpc) is 3.12. The Balaban J connectivity index is 2.18. The molecular formula is C12H16ClN3O. The molecule has 0 spiro atoms. The van der Waals surface area contributed by atoms with Crippen molar-refractivity contribution in [2.45, 2.75) is 19.8 Å². The van der Waals surface area contributed by atoms with Crippen molar-refractivity contribution in [3.63, 3.8) is 0 Å². The zero-order valence-corrected chi connectivity index (χ0v) is 10.6. The molecular weight excluding hydrogens is 238 g/mol. The van der Waals surface area contributed by atoms with E-state index in [1.807, 2.05) is 6.92 Å². The van der Waals surface area contributed by atoms with Crippen molar-refractivity contribution in [2.24, 2.45) is 5.92 Å². The molecule has 0 radical (unpaired) electrons. The second-order valence-electron chi connectivity index (χ2n) is 4.35. The van der Waals surface area contributed by atoms with Gasteiger partial charge in [0.25, 0.3) is 5.91 Å². The van der Waals surface area contributed by atoms with Crippen molar-refractivity contribution in [2.75, 3.05) is 18.8 Å². The van der Waals surface area contributed by atoms with Crippen LogP contribution in [0.3, 0.4) is 0 Å². The number of halogens is 1. The maximum atomic E-state index is 12.2. The lowest BCUT2D eigenvalue weighted by Crippen LogP contribution is -2.33. The number of nitrogen functional groups attached to an aromatic ring is 1. The van der Waals surface area contributed by atoms with Gasteiger partial charge in [-0.1, -0.05) is 11.6 Å². The van der Waals surface area contributed by atoms with Gasteiger partial charge in [-0.2, -0.15) is 0 Å². The van der Waals surface area contributed by atoms with Crippen LogP contribution < -0.4 is 5.73 Å². The van der Waals surface area contributed by atoms with Gasteiger partial charge < -0.3 is 10.6 Å². The lowest BCUT2D eigenvalue weighted by Gasteiger charge is -2.20. The Hall–Kier alpha value is -1.29. The number of amides is 1. The second kappa shape index (κ2) is 4.92. The van der Waals surface area contributed by atoms with Crippen LogP contribution in [0.15, 0.2) is 12.1 Å². The number of pyridine rings is 1. The van der Waals surface area contributed by atoms with E-state index in [1.54, 1.807) is 17.0 Å². The van der Waals surface area contributed by atoms with Crippen LogP contribution in [-0.2, 0) is 0 Å². The number of carbonyl (C=O) groups excluding carboxylic acids is 1. The van der Waals surface area contributed by atoms with Gasteiger partial charge in [0.1, 0.15) is 11.5 Å². The van der Waals surface area contributed by atoms with E-state index in [2.05, 4.69) is 4.98 Å². The Morgan fingerprint density at radius 3 is 2.88 bits per heavy atom. The van der Waals surface area contributed by atoms with E-state index in [0.717, 1.165) is 6.54 Å². The molecule has 92 valence electrons. The monoisotopic (exact) mass is 253 g/mol. The minimum atomic E-state index is -0.128. The Kier molecular flexibility index (Phi) is 3.52. The third-order valence-corrected chi connectivity index (χ3v) is 3.22. The fourth-order valence-electron chi connectivity index (χ4n) is 1.72. The van der Waals surface area contributed by atoms with Crippen molar-refractivity contribution >= 4 is 23.3 Å². The summed E-state index contributed by atoms with van der Waals surface area (Å²) < 4.78 is 0. The van der Waals surface area contributed by atoms with Gasteiger partial charge in [0, 0.05) is 13.1 Å². The number of anilines is 1. The molecule has 4 nitrogen and oxygen atoms in total. The van der Waals surface area contributed by atoms with Crippen LogP contribution in [0.2, 0.25) is 5.02 Å². The summed E-state index contributed by atoms with van der Waals surface area (Å²) in [5.74, 6) is 0.843. The number of aromatic nitrogens is 1. The normalized spacial score (nSPS) is 14.7. The van der Waals surface area contributed by atoms with E-state index in [4.69, 9.17) is 17.3 Å². The molecule has 0 aliphatic heterocycles. The fourth-order valence-corrected chi connectivity index (χ4v) is 1.91. The summed E-state index contributed by atoms with van der Waals surface area (Å²) in [5.41, 5.74) is 5.84. The topological polar surface area (TPSA) is 59.2 Å². The first-order valence-electron chi connectivity index (χ1n) is 5.83. The van der Waals surface area contributed by atoms with Gasteiger partial charge in [-0.3, -0.25) is 4.79 Å². The Morgan fingerprint density at radius 1 is 1.59 bits per heavy atom. The lowest BCUT2D eigenvalue weighted by molar-refractivity contribution is 0.0751. The third kappa shape index (κ3) is 2.88. The second-order valence-corrected chi connectivity index (χ2v) is 4.76. The van der Waals surface area contributed by atoms with Crippen molar-refractivity contribution in [1.29, 1.82) is 0 Å². The molecule has 1 fully saturated rings. The Bertz CT molecular complexity index is 432. The largest absolute Gasteiger partial charge is 0.384 e. The maximum absolute atomic E-state index is 12.2. The van der Waals surface area contributed by atoms with E-state index in [-0.39, 0.29) is 11.6 Å². The summed E-state index contributed by atoms with van der Waals surface area (Å²) in [5, 5.41) is 0.360. The molecule has 0 atom stereocenters. The van der Waals surface area contributed by atoms with E-state index < -0.39 is 0 Å². The molecule has 2 N–H and O–H groups in total. The van der Waals surface area contributed by atoms with Crippen molar-refractivity contribution in [3.05, 3.63) is 22.8 Å². The van der Waals surface area contributed by atoms with Gasteiger partial charge in [-0.05, 0) is 37.8 Å². The number of nitrogens with zero attached hydrogens (tertiary/aromatic N) is 2. The first-order valence-corrected chi connectivity index (χ1v) is 6.21. The molecule has 0 bridgehead atoms. The summed E-state index contributed by atoms with van der Waals surface area (Å²) in [6, 6.07) is 3.21. The Morgan fingerprint density at radius 2 is 2.29 bits per heavy atom. The third-order valence-electron chi connectivity index (χ3n) is 2.91. The van der Waals surface area contributed by atoms with E-state index in [9.17, 15) is 4.79 Å². The highest BCUT2D eigenvalue weighted by atomic mass is 35.5. The SMILES string of the molecule is CCN(CC1CC1)C(=O)c1nc(N)ccc1Cl. The minimum Gasteiger partial charge on any atom is -0.384 e.